The van der Waals surface area contributed by atoms with Crippen LogP contribution in [0, 0.1) is 23.7 Å². The first-order valence-electron chi connectivity index (χ1n) is 18.1. The van der Waals surface area contributed by atoms with Crippen LogP contribution in [0.3, 0.4) is 0 Å². The Hall–Kier alpha value is -2.61. The number of hydrogen-bond donors (Lipinski definition) is 0. The fourth-order valence-corrected chi connectivity index (χ4v) is 5.84. The van der Waals surface area contributed by atoms with E-state index in [2.05, 4.69) is 104 Å². The monoisotopic (exact) mass is 650 g/mol. The van der Waals surface area contributed by atoms with Gasteiger partial charge in [-0.3, -0.25) is 0 Å². The van der Waals surface area contributed by atoms with E-state index in [4.69, 9.17) is 20.7 Å². The van der Waals surface area contributed by atoms with Crippen molar-refractivity contribution < 1.29 is 19.3 Å². The molecule has 0 aromatic heterocycles. The minimum atomic E-state index is 0.938. The number of para-hydroxylation sites is 2. The van der Waals surface area contributed by atoms with Crippen LogP contribution in [-0.4, -0.2) is 15.1 Å². The van der Waals surface area contributed by atoms with E-state index in [1.54, 1.807) is 0 Å². The molecule has 0 saturated carbocycles. The maximum absolute atomic E-state index is 5.91. The van der Waals surface area contributed by atoms with Crippen molar-refractivity contribution in [1.82, 2.24) is 0 Å². The summed E-state index contributed by atoms with van der Waals surface area (Å²) in [4.78, 5) is 5.48. The first kappa shape index (κ1) is 38.6. The van der Waals surface area contributed by atoms with Gasteiger partial charge in [-0.1, -0.05) is 6.92 Å². The summed E-state index contributed by atoms with van der Waals surface area (Å²) in [5.74, 6) is 13.3. The summed E-state index contributed by atoms with van der Waals surface area (Å²) in [6.07, 6.45) is 22.0. The van der Waals surface area contributed by atoms with Gasteiger partial charge in [-0.25, -0.2) is 0 Å². The van der Waals surface area contributed by atoms with E-state index in [1.165, 1.54) is 54.7 Å². The fraction of sp³-hybridized carbons (Fsp3) is 0.571. The van der Waals surface area contributed by atoms with E-state index in [9.17, 15) is 0 Å². The molecule has 0 atom stereocenters. The van der Waals surface area contributed by atoms with Crippen LogP contribution in [0.15, 0.2) is 53.5 Å². The predicted molar refractivity (Wildman–Crippen MR) is 194 cm³/mol. The zero-order valence-electron chi connectivity index (χ0n) is 29.0. The molecule has 0 unspecified atom stereocenters. The van der Waals surface area contributed by atoms with E-state index >= 15 is 0 Å². The molecule has 0 saturated heterocycles. The fourth-order valence-electron chi connectivity index (χ4n) is 5.38. The standard InChI is InChI=1S/C42H60N2.Ni/c1-5-9-13-16-19-22-29-37-31-25-27-34-39(37)43-41(33-12-8-4)42(36-24-21-18-15-11-7-3)44-40-35-28-26-32-38(40)30-23-20-17-14-10-6-2;/h25-28,31-32,34-35H,5-12,15,18-24,29-30,33,36H2,1-4H3;/q;+1. The molecule has 0 aliphatic heterocycles. The number of nitrogens with zero attached hydrogens (tertiary/aromatic N) is 2. The molecule has 247 valence electrons. The Morgan fingerprint density at radius 3 is 1.80 bits per heavy atom. The summed E-state index contributed by atoms with van der Waals surface area (Å²) < 4.78 is 2.11. The molecule has 2 nitrogen and oxygen atoms in total. The van der Waals surface area contributed by atoms with Gasteiger partial charge in [0.25, 0.3) is 0 Å². The van der Waals surface area contributed by atoms with E-state index in [-0.39, 0.29) is 0 Å². The molecule has 2 rings (SSSR count). The summed E-state index contributed by atoms with van der Waals surface area (Å²) in [6.45, 7) is 8.92. The minimum absolute atomic E-state index is 0.938. The molecule has 0 bridgehead atoms. The Morgan fingerprint density at radius 2 is 1.13 bits per heavy atom. The van der Waals surface area contributed by atoms with Crippen LogP contribution < -0.4 is 0 Å². The van der Waals surface area contributed by atoms with Crippen molar-refractivity contribution >= 4 is 22.8 Å². The predicted octanol–water partition coefficient (Wildman–Crippen LogP) is 12.2. The van der Waals surface area contributed by atoms with E-state index in [0.717, 1.165) is 108 Å². The summed E-state index contributed by atoms with van der Waals surface area (Å²) in [5.41, 5.74) is 7.29. The van der Waals surface area contributed by atoms with Crippen LogP contribution in [-0.2, 0) is 28.5 Å². The Morgan fingerprint density at radius 1 is 0.578 bits per heavy atom. The molecule has 2 aromatic carbocycles. The van der Waals surface area contributed by atoms with Crippen molar-refractivity contribution in [2.45, 2.75) is 156 Å². The van der Waals surface area contributed by atoms with Gasteiger partial charge in [0.15, 0.2) is 0 Å². The van der Waals surface area contributed by atoms with Gasteiger partial charge in [-0.05, 0) is 6.42 Å². The van der Waals surface area contributed by atoms with Crippen LogP contribution in [0.25, 0.3) is 0 Å². The number of benzene rings is 2. The second-order valence-corrected chi connectivity index (χ2v) is 12.5. The Balaban J connectivity index is 2.46. The molecule has 0 heterocycles. The van der Waals surface area contributed by atoms with Gasteiger partial charge < -0.3 is 0 Å². The summed E-state index contributed by atoms with van der Waals surface area (Å²) in [7, 11) is 0. The van der Waals surface area contributed by atoms with Crippen LogP contribution in [0.4, 0.5) is 11.4 Å². The third-order valence-electron chi connectivity index (χ3n) is 8.02. The van der Waals surface area contributed by atoms with Crippen LogP contribution in [0.1, 0.15) is 154 Å². The third kappa shape index (κ3) is 16.0. The number of aryl methyl sites for hydroxylation is 2. The first-order valence-corrected chi connectivity index (χ1v) is 18.5. The molecule has 3 heteroatoms. The normalized spacial score (nSPS) is 11.8. The van der Waals surface area contributed by atoms with Crippen molar-refractivity contribution in [3.63, 3.8) is 0 Å². The molecule has 0 fully saturated rings. The van der Waals surface area contributed by atoms with Crippen molar-refractivity contribution in [3.8, 4) is 23.7 Å². The van der Waals surface area contributed by atoms with Gasteiger partial charge in [0.1, 0.15) is 0 Å². The van der Waals surface area contributed by atoms with Crippen LogP contribution in [0.2, 0.25) is 0 Å². The SMILES string of the molecule is CCCC#CCCCc1ccccc1N=C(CCCCCCCC)C(CCCC)=[N+]([Ni])c1ccccc1CCCC#CCCC. The average Bonchev–Trinajstić information content (AvgIpc) is 3.06. The van der Waals surface area contributed by atoms with E-state index < -0.39 is 0 Å². The molecule has 0 aliphatic carbocycles. The van der Waals surface area contributed by atoms with Crippen molar-refractivity contribution in [2.24, 2.45) is 4.99 Å². The third-order valence-corrected chi connectivity index (χ3v) is 8.52. The van der Waals surface area contributed by atoms with Crippen molar-refractivity contribution in [2.75, 3.05) is 0 Å². The summed E-state index contributed by atoms with van der Waals surface area (Å²) in [6, 6.07) is 17.5. The number of aliphatic imine (C=N–C) groups is 1. The van der Waals surface area contributed by atoms with Gasteiger partial charge in [-0.2, -0.15) is 0 Å². The number of hydrogen-bond acceptors (Lipinski definition) is 1. The molecule has 0 amide bonds. The molecular weight excluding hydrogens is 591 g/mol. The van der Waals surface area contributed by atoms with Gasteiger partial charge >= 0.3 is 273 Å². The second-order valence-electron chi connectivity index (χ2n) is 12.1. The molecule has 45 heavy (non-hydrogen) atoms. The molecule has 0 N–H and O–H groups in total. The summed E-state index contributed by atoms with van der Waals surface area (Å²) >= 11 is 5.91. The van der Waals surface area contributed by atoms with Gasteiger partial charge in [-0.15, -0.1) is 0 Å². The molecular formula is C42H60N2Ni+. The quantitative estimate of drug-likeness (QED) is 0.0553. The van der Waals surface area contributed by atoms with Gasteiger partial charge in [0, 0.05) is 0 Å². The zero-order chi connectivity index (χ0) is 32.4. The van der Waals surface area contributed by atoms with Crippen molar-refractivity contribution in [3.05, 3.63) is 59.7 Å². The molecule has 2 aromatic rings. The molecule has 0 spiro atoms. The van der Waals surface area contributed by atoms with Gasteiger partial charge in [0.2, 0.25) is 0 Å². The first-order chi connectivity index (χ1) is 22.2. The topological polar surface area (TPSA) is 15.4 Å². The Bertz CT molecular complexity index is 1280. The number of unbranched alkanes of at least 4 members (excludes halogenated alkanes) is 10. The summed E-state index contributed by atoms with van der Waals surface area (Å²) in [5, 5.41) is 0. The van der Waals surface area contributed by atoms with Gasteiger partial charge in [0.05, 0.1) is 0 Å². The van der Waals surface area contributed by atoms with E-state index in [1.807, 2.05) is 0 Å². The molecule has 0 aliphatic rings. The molecule has 0 radical (unpaired) electrons. The van der Waals surface area contributed by atoms with Crippen LogP contribution >= 0.6 is 0 Å². The van der Waals surface area contributed by atoms with E-state index in [0.29, 0.717) is 0 Å². The maximum atomic E-state index is 5.91. The second kappa shape index (κ2) is 25.6. The zero-order valence-corrected chi connectivity index (χ0v) is 30.0. The Kier molecular flexibility index (Phi) is 21.9. The Labute approximate surface area is 285 Å². The van der Waals surface area contributed by atoms with Crippen molar-refractivity contribution in [1.29, 1.82) is 0 Å². The number of rotatable bonds is 21. The van der Waals surface area contributed by atoms with Crippen LogP contribution in [0.5, 0.6) is 0 Å². The average molecular weight is 652 g/mol.